The lowest BCUT2D eigenvalue weighted by molar-refractivity contribution is -0.0320. The smallest absolute Gasteiger partial charge is 0.100 e. The van der Waals surface area contributed by atoms with Crippen LogP contribution < -0.4 is 5.32 Å². The highest BCUT2D eigenvalue weighted by Gasteiger charge is 2.32. The topological polar surface area (TPSA) is 72.0 Å². The van der Waals surface area contributed by atoms with Gasteiger partial charge >= 0.3 is 0 Å². The molecule has 6 atom stereocenters. The third kappa shape index (κ3) is 17.8. The van der Waals surface area contributed by atoms with Gasteiger partial charge in [-0.15, -0.1) is 0 Å². The van der Waals surface area contributed by atoms with E-state index in [0.717, 1.165) is 95.1 Å². The molecule has 3 aliphatic rings. The molecule has 2 aromatic heterocycles. The first-order valence-corrected chi connectivity index (χ1v) is 31.1. The van der Waals surface area contributed by atoms with Crippen molar-refractivity contribution >= 4 is 36.2 Å². The van der Waals surface area contributed by atoms with E-state index in [4.69, 9.17) is 36.8 Å². The Bertz CT molecular complexity index is 3210. The summed E-state index contributed by atoms with van der Waals surface area (Å²) in [6.45, 7) is 9.79. The molecule has 8 nitrogen and oxygen atoms in total. The Hall–Kier alpha value is -6.35. The van der Waals surface area contributed by atoms with E-state index in [0.29, 0.717) is 0 Å². The Morgan fingerprint density at radius 3 is 1.24 bits per heavy atom. The number of benzene rings is 7. The molecule has 3 saturated heterocycles. The summed E-state index contributed by atoms with van der Waals surface area (Å²) in [6, 6.07) is 82.8. The third-order valence-corrected chi connectivity index (χ3v) is 18.4. The summed E-state index contributed by atoms with van der Waals surface area (Å²) in [5.41, 5.74) is 11.6. The molecule has 12 rings (SSSR count). The maximum atomic E-state index is 6.40. The summed E-state index contributed by atoms with van der Waals surface area (Å²) in [7, 11) is 0. The molecule has 0 unspecified atom stereocenters. The van der Waals surface area contributed by atoms with Gasteiger partial charge in [-0.1, -0.05) is 248 Å². The Kier molecular flexibility index (Phi) is 22.9. The van der Waals surface area contributed by atoms with Gasteiger partial charge in [0.05, 0.1) is 53.9 Å². The lowest BCUT2D eigenvalue weighted by Crippen LogP contribution is -2.44. The summed E-state index contributed by atoms with van der Waals surface area (Å²) >= 11 is 8.44. The van der Waals surface area contributed by atoms with Crippen molar-refractivity contribution in [1.29, 1.82) is 0 Å². The minimum absolute atomic E-state index is 0.0939. The average Bonchev–Trinajstić information content (AvgIpc) is 3.63. The second kappa shape index (κ2) is 31.9. The van der Waals surface area contributed by atoms with Crippen molar-refractivity contribution in [1.82, 2.24) is 25.1 Å². The minimum Gasteiger partial charge on any atom is -0.374 e. The number of hydrogen-bond acceptors (Lipinski definition) is 11. The number of thiol groups is 1. The Balaban J connectivity index is 0.000000142. The van der Waals surface area contributed by atoms with Gasteiger partial charge in [0.25, 0.3) is 0 Å². The molecule has 3 aliphatic heterocycles. The number of aromatic nitrogens is 2. The van der Waals surface area contributed by atoms with Gasteiger partial charge < -0.3 is 19.5 Å². The van der Waals surface area contributed by atoms with Gasteiger partial charge in [-0.25, -0.2) is 9.97 Å². The predicted molar refractivity (Wildman–Crippen MR) is 341 cm³/mol. The standard InChI is InChI=1S/C30H30N2OS.C23H24N2OS.C18H21NOS/c1-4-11-24(12-5-1)21-27-17-10-18-31-30(27)34-29(26-15-8-3-9-16-26)28-23-32(19-20-33-28)22-25-13-6-2-7-14-25;1-3-8-18(9-4-1)16-20-12-7-13-25-23(20)27-22(19-10-5-2-6-11-19)21-17-24-14-15-26-21;21-18(16-9-5-2-6-10-16)17-14-19(11-12-20-17)13-15-7-3-1-4-8-15/h1-18,28-29H,19-23H2;1-13,21-22,24H,14-17H2;1-10,17-18,21H,11-14H2/t28-,29-;21-,22-;17-,18-/m000/s1. The average molecular weight is 1140 g/mol. The monoisotopic (exact) mass is 1140 g/mol. The first kappa shape index (κ1) is 58.8. The fourth-order valence-corrected chi connectivity index (χ4v) is 13.5. The van der Waals surface area contributed by atoms with E-state index >= 15 is 0 Å². The van der Waals surface area contributed by atoms with Crippen LogP contribution in [0.1, 0.15) is 65.8 Å². The highest BCUT2D eigenvalue weighted by molar-refractivity contribution is 7.99. The number of thioether (sulfide) groups is 2. The molecular weight excluding hydrogens is 1070 g/mol. The molecule has 9 aromatic rings. The van der Waals surface area contributed by atoms with E-state index in [1.807, 2.05) is 54.1 Å². The maximum Gasteiger partial charge on any atom is 0.100 e. The quantitative estimate of drug-likeness (QED) is 0.0641. The van der Waals surface area contributed by atoms with Crippen molar-refractivity contribution in [3.05, 3.63) is 299 Å². The van der Waals surface area contributed by atoms with Crippen molar-refractivity contribution in [2.24, 2.45) is 0 Å². The van der Waals surface area contributed by atoms with Gasteiger partial charge in [-0.2, -0.15) is 12.6 Å². The Morgan fingerprint density at radius 1 is 0.427 bits per heavy atom. The largest absolute Gasteiger partial charge is 0.374 e. The number of nitrogens with one attached hydrogen (secondary N) is 1. The number of hydrogen-bond donors (Lipinski definition) is 2. The molecule has 5 heterocycles. The maximum absolute atomic E-state index is 6.40. The second-order valence-corrected chi connectivity index (χ2v) is 23.7. The molecule has 3 fully saturated rings. The fraction of sp³-hybridized carbons (Fsp3) is 0.268. The molecule has 82 heavy (non-hydrogen) atoms. The minimum atomic E-state index is 0.0939. The molecule has 1 N–H and O–H groups in total. The summed E-state index contributed by atoms with van der Waals surface area (Å²) in [4.78, 5) is 14.5. The van der Waals surface area contributed by atoms with Crippen LogP contribution in [0.2, 0.25) is 0 Å². The zero-order valence-corrected chi connectivity index (χ0v) is 49.1. The molecule has 0 saturated carbocycles. The number of morpholine rings is 3. The zero-order valence-electron chi connectivity index (χ0n) is 46.6. The predicted octanol–water partition coefficient (Wildman–Crippen LogP) is 14.5. The van der Waals surface area contributed by atoms with Crippen molar-refractivity contribution in [3.63, 3.8) is 0 Å². The second-order valence-electron chi connectivity index (χ2n) is 20.9. The lowest BCUT2D eigenvalue weighted by Gasteiger charge is -2.37. The molecular formula is C71H75N5O3S3. The SMILES string of the molecule is S[C@@H](c1ccccc1)[C@@H]1CN(Cc2ccccc2)CCO1.c1ccc(Cc2cccnc2S[C@@H](c2ccccc2)[C@@H]2CN(Cc3ccccc3)CCO2)cc1.c1ccc(Cc2cccnc2S[C@@H](c2ccccc2)[C@@H]2CNCCO2)cc1. The van der Waals surface area contributed by atoms with Crippen molar-refractivity contribution in [2.45, 2.75) is 70.0 Å². The molecule has 0 amide bonds. The van der Waals surface area contributed by atoms with Crippen LogP contribution in [-0.4, -0.2) is 97.2 Å². The van der Waals surface area contributed by atoms with E-state index in [1.54, 1.807) is 0 Å². The summed E-state index contributed by atoms with van der Waals surface area (Å²) in [6.07, 6.45) is 5.94. The van der Waals surface area contributed by atoms with E-state index in [9.17, 15) is 0 Å². The van der Waals surface area contributed by atoms with Gasteiger partial charge in [-0.05, 0) is 62.2 Å². The van der Waals surface area contributed by atoms with Crippen LogP contribution in [0.3, 0.4) is 0 Å². The van der Waals surface area contributed by atoms with Crippen molar-refractivity contribution in [2.75, 3.05) is 59.1 Å². The molecule has 0 radical (unpaired) electrons. The van der Waals surface area contributed by atoms with Crippen LogP contribution in [0.4, 0.5) is 0 Å². The zero-order chi connectivity index (χ0) is 55.8. The van der Waals surface area contributed by atoms with Crippen LogP contribution in [0.25, 0.3) is 0 Å². The first-order chi connectivity index (χ1) is 40.6. The van der Waals surface area contributed by atoms with Crippen molar-refractivity contribution < 1.29 is 14.2 Å². The number of nitrogens with zero attached hydrogens (tertiary/aromatic N) is 4. The van der Waals surface area contributed by atoms with Gasteiger partial charge in [0, 0.05) is 77.6 Å². The fourth-order valence-electron chi connectivity index (χ4n) is 10.7. The summed E-state index contributed by atoms with van der Waals surface area (Å²) < 4.78 is 18.5. The van der Waals surface area contributed by atoms with Gasteiger partial charge in [-0.3, -0.25) is 9.80 Å². The summed E-state index contributed by atoms with van der Waals surface area (Å²) in [5.74, 6) is 0. The lowest BCUT2D eigenvalue weighted by atomic mass is 10.1. The van der Waals surface area contributed by atoms with Gasteiger partial charge in [0.2, 0.25) is 0 Å². The third-order valence-electron chi connectivity index (χ3n) is 14.9. The van der Waals surface area contributed by atoms with E-state index in [1.165, 1.54) is 50.1 Å². The highest BCUT2D eigenvalue weighted by atomic mass is 32.2. The summed E-state index contributed by atoms with van der Waals surface area (Å²) in [5, 5.41) is 6.15. The van der Waals surface area contributed by atoms with E-state index in [-0.39, 0.29) is 34.1 Å². The Labute approximate surface area is 500 Å². The molecule has 7 aromatic carbocycles. The van der Waals surface area contributed by atoms with Crippen LogP contribution in [0.5, 0.6) is 0 Å². The van der Waals surface area contributed by atoms with Crippen LogP contribution >= 0.6 is 36.2 Å². The van der Waals surface area contributed by atoms with Gasteiger partial charge in [0.15, 0.2) is 0 Å². The van der Waals surface area contributed by atoms with Crippen LogP contribution in [0, 0.1) is 0 Å². The number of pyridine rings is 2. The van der Waals surface area contributed by atoms with Crippen molar-refractivity contribution in [3.8, 4) is 0 Å². The highest BCUT2D eigenvalue weighted by Crippen LogP contribution is 2.42. The molecule has 420 valence electrons. The normalized spacial score (nSPS) is 18.6. The van der Waals surface area contributed by atoms with E-state index < -0.39 is 0 Å². The number of ether oxygens (including phenoxy) is 3. The first-order valence-electron chi connectivity index (χ1n) is 28.8. The van der Waals surface area contributed by atoms with Crippen LogP contribution in [0.15, 0.2) is 259 Å². The number of rotatable bonds is 18. The van der Waals surface area contributed by atoms with Crippen LogP contribution in [-0.2, 0) is 40.1 Å². The van der Waals surface area contributed by atoms with Gasteiger partial charge in [0.1, 0.15) is 10.1 Å². The van der Waals surface area contributed by atoms with E-state index in [2.05, 4.69) is 234 Å². The Morgan fingerprint density at radius 2 is 0.805 bits per heavy atom. The molecule has 0 bridgehead atoms. The molecule has 11 heteroatoms. The molecule has 0 aliphatic carbocycles. The molecule has 0 spiro atoms.